The molecule has 206 valence electrons. The molecule has 6 aliphatic rings. The van der Waals surface area contributed by atoms with Crippen LogP contribution in [0.25, 0.3) is 10.8 Å². The topological polar surface area (TPSA) is 112 Å². The van der Waals surface area contributed by atoms with Crippen LogP contribution in [0.1, 0.15) is 57.4 Å². The lowest BCUT2D eigenvalue weighted by Crippen LogP contribution is -2.63. The van der Waals surface area contributed by atoms with Crippen LogP contribution in [0, 0.1) is 11.3 Å². The van der Waals surface area contributed by atoms with Gasteiger partial charge in [0.1, 0.15) is 17.3 Å². The number of aliphatic hydroxyl groups excluding tert-OH is 2. The van der Waals surface area contributed by atoms with Crippen LogP contribution in [0.5, 0.6) is 0 Å². The summed E-state index contributed by atoms with van der Waals surface area (Å²) in [6.07, 6.45) is 12.1. The van der Waals surface area contributed by atoms with E-state index in [9.17, 15) is 15.3 Å². The van der Waals surface area contributed by atoms with Gasteiger partial charge in [-0.3, -0.25) is 9.88 Å². The van der Waals surface area contributed by atoms with Crippen LogP contribution in [-0.2, 0) is 10.3 Å². The van der Waals surface area contributed by atoms with Crippen molar-refractivity contribution in [3.05, 3.63) is 65.5 Å². The maximum atomic E-state index is 12.5. The zero-order chi connectivity index (χ0) is 26.8. The smallest absolute Gasteiger partial charge is 0.121 e. The van der Waals surface area contributed by atoms with E-state index < -0.39 is 34.4 Å². The second-order valence-corrected chi connectivity index (χ2v) is 13.4. The third kappa shape index (κ3) is 2.96. The Kier molecular flexibility index (Phi) is 5.05. The summed E-state index contributed by atoms with van der Waals surface area (Å²) in [6.45, 7) is 3.88. The monoisotopic (exact) mass is 529 g/mol. The quantitative estimate of drug-likeness (QED) is 0.473. The van der Waals surface area contributed by atoms with E-state index in [1.807, 2.05) is 30.5 Å². The van der Waals surface area contributed by atoms with Crippen LogP contribution in [0.3, 0.4) is 0 Å². The van der Waals surface area contributed by atoms with Gasteiger partial charge < -0.3 is 25.8 Å². The maximum absolute atomic E-state index is 12.5. The summed E-state index contributed by atoms with van der Waals surface area (Å²) in [6, 6.07) is 8.14. The van der Waals surface area contributed by atoms with Gasteiger partial charge in [-0.25, -0.2) is 0 Å². The van der Waals surface area contributed by atoms with E-state index in [-0.39, 0.29) is 18.0 Å². The van der Waals surface area contributed by atoms with Crippen LogP contribution >= 0.6 is 0 Å². The molecule has 2 aromatic rings. The lowest BCUT2D eigenvalue weighted by molar-refractivity contribution is -0.200. The Labute approximate surface area is 229 Å². The first-order valence-corrected chi connectivity index (χ1v) is 14.8. The number of nitrogens with two attached hydrogens (primary N) is 1. The first-order chi connectivity index (χ1) is 18.7. The maximum Gasteiger partial charge on any atom is 0.121 e. The molecule has 0 amide bonds. The largest absolute Gasteiger partial charge is 0.390 e. The Morgan fingerprint density at radius 1 is 1.10 bits per heavy atom. The molecule has 1 aromatic carbocycles. The van der Waals surface area contributed by atoms with E-state index in [0.717, 1.165) is 61.5 Å². The Balaban J connectivity index is 1.20. The number of allylic oxidation sites excluding steroid dienone is 1. The molecule has 1 unspecified atom stereocenters. The zero-order valence-corrected chi connectivity index (χ0v) is 22.6. The predicted octanol–water partition coefficient (Wildman–Crippen LogP) is 2.92. The van der Waals surface area contributed by atoms with Crippen molar-refractivity contribution in [3.8, 4) is 0 Å². The van der Waals surface area contributed by atoms with Gasteiger partial charge in [-0.05, 0) is 79.2 Å². The van der Waals surface area contributed by atoms with E-state index in [4.69, 9.17) is 10.5 Å². The van der Waals surface area contributed by atoms with E-state index in [1.165, 1.54) is 11.1 Å². The molecule has 1 aromatic heterocycles. The fraction of sp³-hybridized carbons (Fsp3) is 0.594. The van der Waals surface area contributed by atoms with Crippen LogP contribution in [0.4, 0.5) is 0 Å². The summed E-state index contributed by atoms with van der Waals surface area (Å²) in [5.74, 6) is -0.0837. The van der Waals surface area contributed by atoms with Gasteiger partial charge in [0.25, 0.3) is 0 Å². The summed E-state index contributed by atoms with van der Waals surface area (Å²) in [5.41, 5.74) is 5.98. The van der Waals surface area contributed by atoms with Crippen molar-refractivity contribution in [3.63, 3.8) is 0 Å². The average Bonchev–Trinajstić information content (AvgIpc) is 3.58. The van der Waals surface area contributed by atoms with Gasteiger partial charge in [0.05, 0.1) is 11.7 Å². The van der Waals surface area contributed by atoms with Crippen molar-refractivity contribution in [1.82, 2.24) is 9.88 Å². The Morgan fingerprint density at radius 3 is 2.77 bits per heavy atom. The van der Waals surface area contributed by atoms with Gasteiger partial charge in [0, 0.05) is 54.3 Å². The molecule has 0 radical (unpaired) electrons. The molecule has 4 heterocycles. The molecular weight excluding hydrogens is 490 g/mol. The molecule has 7 heteroatoms. The highest BCUT2D eigenvalue weighted by Gasteiger charge is 2.73. The molecular formula is C32H39N3O4. The zero-order valence-electron chi connectivity index (χ0n) is 22.6. The Hall–Kier alpha value is -2.13. The first kappa shape index (κ1) is 24.6. The highest BCUT2D eigenvalue weighted by molar-refractivity contribution is 5.82. The molecule has 4 fully saturated rings. The summed E-state index contributed by atoms with van der Waals surface area (Å²) >= 11 is 0. The molecule has 3 aliphatic carbocycles. The number of hydrogen-bond donors (Lipinski definition) is 4. The van der Waals surface area contributed by atoms with Crippen molar-refractivity contribution in [2.75, 3.05) is 13.1 Å². The Bertz CT molecular complexity index is 1430. The van der Waals surface area contributed by atoms with E-state index >= 15 is 0 Å². The highest BCUT2D eigenvalue weighted by atomic mass is 16.5. The third-order valence-electron chi connectivity index (χ3n) is 11.8. The van der Waals surface area contributed by atoms with Crippen molar-refractivity contribution in [1.29, 1.82) is 0 Å². The summed E-state index contributed by atoms with van der Waals surface area (Å²) in [5, 5.41) is 38.1. The van der Waals surface area contributed by atoms with Crippen molar-refractivity contribution < 1.29 is 20.1 Å². The normalized spacial score (nSPS) is 46.9. The Morgan fingerprint density at radius 2 is 1.95 bits per heavy atom. The number of nitrogens with zero attached hydrogens (tertiary/aromatic N) is 2. The standard InChI is InChI=1S/C32H39N3O4/c1-29-9-6-22-15-21-4-5-25(35-13-8-24(33)18-35)28(37)31(21)11-10-30(22,39-31)26(29)16-27(36)32(29,38)23-3-2-19-7-12-34-17-20(19)14-23/h2-3,6-7,12,14-15,17,24-28,36-38H,4-5,8-11,13,16,18,33H2,1H3/t24-,25-,26-,27-,28-,29+,30?,31+,32-/m1/s1. The fourth-order valence-corrected chi connectivity index (χ4v) is 9.76. The molecule has 2 saturated carbocycles. The van der Waals surface area contributed by atoms with Crippen LogP contribution in [0.15, 0.2) is 60.0 Å². The van der Waals surface area contributed by atoms with Gasteiger partial charge in [0.15, 0.2) is 0 Å². The minimum atomic E-state index is -1.43. The van der Waals surface area contributed by atoms with E-state index in [2.05, 4.69) is 29.0 Å². The minimum absolute atomic E-state index is 0.0451. The number of rotatable bonds is 2. The number of pyridine rings is 1. The minimum Gasteiger partial charge on any atom is -0.390 e. The van der Waals surface area contributed by atoms with Gasteiger partial charge in [-0.15, -0.1) is 0 Å². The van der Waals surface area contributed by atoms with Crippen molar-refractivity contribution >= 4 is 10.8 Å². The van der Waals surface area contributed by atoms with E-state index in [0.29, 0.717) is 12.8 Å². The van der Waals surface area contributed by atoms with Crippen molar-refractivity contribution in [2.45, 2.75) is 93.0 Å². The number of ether oxygens (including phenoxy) is 1. The molecule has 5 N–H and O–H groups in total. The number of benzene rings is 1. The molecule has 9 atom stereocenters. The summed E-state index contributed by atoms with van der Waals surface area (Å²) in [4.78, 5) is 6.65. The number of aromatic nitrogens is 1. The van der Waals surface area contributed by atoms with Gasteiger partial charge in [-0.2, -0.15) is 0 Å². The number of hydrogen-bond acceptors (Lipinski definition) is 7. The lowest BCUT2D eigenvalue weighted by Gasteiger charge is -2.57. The SMILES string of the molecule is C[C@]12CC=C3C=C4CC[C@@H](N5CC[C@@H](N)C5)[C@@H](O)[C@]45CCC3(O5)[C@@H]1C[C@@H](O)[C@]2(O)c1ccc2ccncc2c1. The van der Waals surface area contributed by atoms with Gasteiger partial charge >= 0.3 is 0 Å². The summed E-state index contributed by atoms with van der Waals surface area (Å²) in [7, 11) is 0. The van der Waals surface area contributed by atoms with E-state index in [1.54, 1.807) is 6.20 Å². The lowest BCUT2D eigenvalue weighted by atomic mass is 9.56. The first-order valence-electron chi connectivity index (χ1n) is 14.8. The second-order valence-electron chi connectivity index (χ2n) is 13.4. The number of likely N-dealkylation sites (tertiary alicyclic amines) is 1. The number of fused-ring (bicyclic) bond motifs is 2. The van der Waals surface area contributed by atoms with Gasteiger partial charge in [-0.1, -0.05) is 31.2 Å². The molecule has 2 bridgehead atoms. The summed E-state index contributed by atoms with van der Waals surface area (Å²) < 4.78 is 7.26. The fourth-order valence-electron chi connectivity index (χ4n) is 9.76. The second kappa shape index (κ2) is 7.99. The molecule has 2 saturated heterocycles. The third-order valence-corrected chi connectivity index (χ3v) is 11.8. The van der Waals surface area contributed by atoms with Gasteiger partial charge in [0.2, 0.25) is 0 Å². The molecule has 7 nitrogen and oxygen atoms in total. The van der Waals surface area contributed by atoms with Crippen LogP contribution < -0.4 is 5.73 Å². The molecule has 3 aliphatic heterocycles. The molecule has 39 heavy (non-hydrogen) atoms. The molecule has 8 rings (SSSR count). The van der Waals surface area contributed by atoms with Crippen LogP contribution in [0.2, 0.25) is 0 Å². The average molecular weight is 530 g/mol. The predicted molar refractivity (Wildman–Crippen MR) is 148 cm³/mol. The van der Waals surface area contributed by atoms with Crippen LogP contribution in [-0.4, -0.2) is 73.8 Å². The molecule has 2 spiro atoms. The van der Waals surface area contributed by atoms with Crippen molar-refractivity contribution in [2.24, 2.45) is 17.1 Å². The highest BCUT2D eigenvalue weighted by Crippen LogP contribution is 2.70. The number of aliphatic hydroxyl groups is 3.